The van der Waals surface area contributed by atoms with Gasteiger partial charge in [0.2, 0.25) is 0 Å². The zero-order valence-electron chi connectivity index (χ0n) is 11.9. The smallest absolute Gasteiger partial charge is 0.355 e. The summed E-state index contributed by atoms with van der Waals surface area (Å²) in [6.45, 7) is 0.455. The topological polar surface area (TPSA) is 59.4 Å². The Morgan fingerprint density at radius 2 is 2.00 bits per heavy atom. The maximum atomic E-state index is 10.9. The van der Waals surface area contributed by atoms with Crippen molar-refractivity contribution >= 4 is 28.9 Å². The number of halogens is 1. The predicted molar refractivity (Wildman–Crippen MR) is 90.3 cm³/mol. The first-order chi connectivity index (χ1) is 11.1. The quantitative estimate of drug-likeness (QED) is 0.725. The molecule has 116 valence electrons. The number of carboxylic acid groups (broad SMARTS) is 1. The van der Waals surface area contributed by atoms with Crippen LogP contribution < -0.4 is 4.74 Å². The molecular formula is C17H12ClNO3S. The normalized spacial score (nSPS) is 10.5. The summed E-state index contributed by atoms with van der Waals surface area (Å²) in [6.07, 6.45) is 0. The number of aromatic nitrogens is 1. The highest BCUT2D eigenvalue weighted by Gasteiger charge is 2.13. The molecule has 23 heavy (non-hydrogen) atoms. The molecule has 0 fully saturated rings. The molecule has 0 bridgehead atoms. The van der Waals surface area contributed by atoms with E-state index in [2.05, 4.69) is 4.98 Å². The van der Waals surface area contributed by atoms with Crippen LogP contribution in [0.3, 0.4) is 0 Å². The van der Waals surface area contributed by atoms with Gasteiger partial charge in [-0.3, -0.25) is 0 Å². The largest absolute Gasteiger partial charge is 0.489 e. The maximum absolute atomic E-state index is 10.9. The third-order valence-electron chi connectivity index (χ3n) is 3.14. The number of nitrogens with zero attached hydrogens (tertiary/aromatic N) is 1. The van der Waals surface area contributed by atoms with Crippen LogP contribution in [0, 0.1) is 0 Å². The average molecular weight is 346 g/mol. The van der Waals surface area contributed by atoms with Crippen molar-refractivity contribution in [3.05, 3.63) is 70.2 Å². The van der Waals surface area contributed by atoms with Gasteiger partial charge in [-0.05, 0) is 23.8 Å². The molecule has 6 heteroatoms. The fraction of sp³-hybridized carbons (Fsp3) is 0.0588. The highest BCUT2D eigenvalue weighted by molar-refractivity contribution is 7.13. The number of benzene rings is 2. The lowest BCUT2D eigenvalue weighted by atomic mass is 10.2. The van der Waals surface area contributed by atoms with Crippen molar-refractivity contribution in [2.75, 3.05) is 0 Å². The van der Waals surface area contributed by atoms with Crippen LogP contribution in [0.15, 0.2) is 53.9 Å². The molecule has 1 N–H and O–H groups in total. The van der Waals surface area contributed by atoms with E-state index in [1.807, 2.05) is 30.3 Å². The predicted octanol–water partition coefficient (Wildman–Crippen LogP) is 4.74. The van der Waals surface area contributed by atoms with E-state index in [9.17, 15) is 4.79 Å². The number of thiazole rings is 1. The van der Waals surface area contributed by atoms with Gasteiger partial charge in [-0.25, -0.2) is 9.78 Å². The Kier molecular flexibility index (Phi) is 4.60. The Bertz CT molecular complexity index is 833. The molecule has 0 spiro atoms. The lowest BCUT2D eigenvalue weighted by molar-refractivity contribution is 0.0691. The first-order valence-electron chi connectivity index (χ1n) is 6.79. The zero-order chi connectivity index (χ0) is 16.2. The molecule has 2 aromatic carbocycles. The molecule has 0 amide bonds. The highest BCUT2D eigenvalue weighted by Crippen LogP contribution is 2.33. The molecule has 0 saturated heterocycles. The monoisotopic (exact) mass is 345 g/mol. The summed E-state index contributed by atoms with van der Waals surface area (Å²) in [5.41, 5.74) is 1.78. The summed E-state index contributed by atoms with van der Waals surface area (Å²) in [7, 11) is 0. The van der Waals surface area contributed by atoms with E-state index in [1.165, 1.54) is 16.7 Å². The van der Waals surface area contributed by atoms with Crippen molar-refractivity contribution < 1.29 is 14.6 Å². The molecule has 0 aliphatic rings. The second-order valence-electron chi connectivity index (χ2n) is 4.76. The molecule has 1 heterocycles. The van der Waals surface area contributed by atoms with Crippen LogP contribution in [0.5, 0.6) is 5.75 Å². The van der Waals surface area contributed by atoms with Gasteiger partial charge in [0, 0.05) is 10.9 Å². The molecule has 4 nitrogen and oxygen atoms in total. The second kappa shape index (κ2) is 6.81. The van der Waals surface area contributed by atoms with Crippen LogP contribution in [-0.2, 0) is 6.61 Å². The second-order valence-corrected chi connectivity index (χ2v) is 6.02. The summed E-state index contributed by atoms with van der Waals surface area (Å²) in [5, 5.41) is 11.5. The Morgan fingerprint density at radius 1 is 1.22 bits per heavy atom. The Hall–Kier alpha value is -2.37. The van der Waals surface area contributed by atoms with E-state index in [0.29, 0.717) is 28.0 Å². The molecule has 3 rings (SSSR count). The summed E-state index contributed by atoms with van der Waals surface area (Å²) >= 11 is 7.52. The van der Waals surface area contributed by atoms with Crippen LogP contribution >= 0.6 is 22.9 Å². The van der Waals surface area contributed by atoms with Gasteiger partial charge in [-0.1, -0.05) is 41.9 Å². The van der Waals surface area contributed by atoms with E-state index in [1.54, 1.807) is 18.2 Å². The van der Waals surface area contributed by atoms with Crippen LogP contribution in [0.2, 0.25) is 5.02 Å². The highest BCUT2D eigenvalue weighted by atomic mass is 35.5. The van der Waals surface area contributed by atoms with Crippen LogP contribution in [0.4, 0.5) is 0 Å². The number of carboxylic acids is 1. The van der Waals surface area contributed by atoms with E-state index < -0.39 is 5.97 Å². The van der Waals surface area contributed by atoms with Gasteiger partial charge in [0.15, 0.2) is 5.69 Å². The first kappa shape index (κ1) is 15.5. The van der Waals surface area contributed by atoms with Crippen molar-refractivity contribution in [1.82, 2.24) is 4.98 Å². The van der Waals surface area contributed by atoms with Crippen LogP contribution in [0.1, 0.15) is 16.1 Å². The average Bonchev–Trinajstić information content (AvgIpc) is 3.04. The molecule has 0 aliphatic carbocycles. The Labute approximate surface area is 142 Å². The van der Waals surface area contributed by atoms with Gasteiger partial charge < -0.3 is 9.84 Å². The van der Waals surface area contributed by atoms with Gasteiger partial charge in [0.1, 0.15) is 17.4 Å². The van der Waals surface area contributed by atoms with Crippen molar-refractivity contribution in [2.45, 2.75) is 6.61 Å². The maximum Gasteiger partial charge on any atom is 0.355 e. The first-order valence-corrected chi connectivity index (χ1v) is 8.05. The van der Waals surface area contributed by atoms with Crippen molar-refractivity contribution in [3.63, 3.8) is 0 Å². The minimum atomic E-state index is -1.05. The lowest BCUT2D eigenvalue weighted by Crippen LogP contribution is -1.96. The van der Waals surface area contributed by atoms with E-state index in [0.717, 1.165) is 5.56 Å². The van der Waals surface area contributed by atoms with Gasteiger partial charge in [0.25, 0.3) is 0 Å². The molecular weight excluding hydrogens is 334 g/mol. The molecule has 0 saturated carbocycles. The summed E-state index contributed by atoms with van der Waals surface area (Å²) in [4.78, 5) is 15.0. The standard InChI is InChI=1S/C17H12ClNO3S/c18-14-8-12(22-9-11-4-2-1-3-5-11)6-7-13(14)16-19-15(10-23-16)17(20)21/h1-8,10H,9H2,(H,20,21). The summed E-state index contributed by atoms with van der Waals surface area (Å²) in [5.74, 6) is -0.399. The number of aromatic carboxylic acids is 1. The van der Waals surface area contributed by atoms with Gasteiger partial charge >= 0.3 is 5.97 Å². The van der Waals surface area contributed by atoms with E-state index >= 15 is 0 Å². The minimum Gasteiger partial charge on any atom is -0.489 e. The van der Waals surface area contributed by atoms with Crippen molar-refractivity contribution in [1.29, 1.82) is 0 Å². The number of hydrogen-bond acceptors (Lipinski definition) is 4. The van der Waals surface area contributed by atoms with Crippen LogP contribution in [0.25, 0.3) is 10.6 Å². The molecule has 1 aromatic heterocycles. The molecule has 3 aromatic rings. The summed E-state index contributed by atoms with van der Waals surface area (Å²) in [6, 6.07) is 15.1. The number of ether oxygens (including phenoxy) is 1. The Morgan fingerprint density at radius 3 is 2.65 bits per heavy atom. The lowest BCUT2D eigenvalue weighted by Gasteiger charge is -2.08. The molecule has 0 unspecified atom stereocenters. The van der Waals surface area contributed by atoms with Crippen LogP contribution in [-0.4, -0.2) is 16.1 Å². The fourth-order valence-corrected chi connectivity index (χ4v) is 3.14. The molecule has 0 radical (unpaired) electrons. The summed E-state index contributed by atoms with van der Waals surface area (Å²) < 4.78 is 5.71. The van der Waals surface area contributed by atoms with Crippen molar-refractivity contribution in [3.8, 4) is 16.3 Å². The zero-order valence-corrected chi connectivity index (χ0v) is 13.5. The Balaban J connectivity index is 1.76. The third-order valence-corrected chi connectivity index (χ3v) is 4.33. The molecule has 0 aliphatic heterocycles. The number of carbonyl (C=O) groups is 1. The van der Waals surface area contributed by atoms with E-state index in [4.69, 9.17) is 21.4 Å². The number of rotatable bonds is 5. The van der Waals surface area contributed by atoms with Gasteiger partial charge in [0.05, 0.1) is 5.02 Å². The van der Waals surface area contributed by atoms with Gasteiger partial charge in [-0.2, -0.15) is 0 Å². The molecule has 0 atom stereocenters. The fourth-order valence-electron chi connectivity index (χ4n) is 2.00. The minimum absolute atomic E-state index is 0.0190. The van der Waals surface area contributed by atoms with Crippen molar-refractivity contribution in [2.24, 2.45) is 0 Å². The third kappa shape index (κ3) is 3.70. The number of hydrogen-bond donors (Lipinski definition) is 1. The van der Waals surface area contributed by atoms with Gasteiger partial charge in [-0.15, -0.1) is 11.3 Å². The SMILES string of the molecule is O=C(O)c1csc(-c2ccc(OCc3ccccc3)cc2Cl)n1. The van der Waals surface area contributed by atoms with E-state index in [-0.39, 0.29) is 5.69 Å².